The van der Waals surface area contributed by atoms with Gasteiger partial charge in [0.1, 0.15) is 12.2 Å². The number of nitrogens with zero attached hydrogens (tertiary/aromatic N) is 5. The van der Waals surface area contributed by atoms with Gasteiger partial charge in [0.25, 0.3) is 0 Å². The summed E-state index contributed by atoms with van der Waals surface area (Å²) in [4.78, 5) is 6.64. The van der Waals surface area contributed by atoms with Gasteiger partial charge < -0.3 is 20.1 Å². The lowest BCUT2D eigenvalue weighted by molar-refractivity contribution is 0.200. The molecule has 25 heavy (non-hydrogen) atoms. The molecule has 0 saturated heterocycles. The van der Waals surface area contributed by atoms with Gasteiger partial charge in [0.05, 0.1) is 0 Å². The van der Waals surface area contributed by atoms with E-state index in [2.05, 4.69) is 70.2 Å². The van der Waals surface area contributed by atoms with Gasteiger partial charge in [0.15, 0.2) is 5.96 Å². The molecule has 0 radical (unpaired) electrons. The fourth-order valence-corrected chi connectivity index (χ4v) is 3.06. The molecule has 0 fully saturated rings. The van der Waals surface area contributed by atoms with E-state index in [9.17, 15) is 0 Å². The van der Waals surface area contributed by atoms with E-state index in [-0.39, 0.29) is 24.0 Å². The van der Waals surface area contributed by atoms with Crippen LogP contribution in [0.5, 0.6) is 0 Å². The van der Waals surface area contributed by atoms with Crippen LogP contribution >= 0.6 is 24.0 Å². The number of aromatic nitrogens is 3. The second kappa shape index (κ2) is 13.3. The Labute approximate surface area is 170 Å². The molecule has 8 heteroatoms. The molecule has 0 aliphatic carbocycles. The lowest BCUT2D eigenvalue weighted by Crippen LogP contribution is -2.48. The molecule has 2 N–H and O–H groups in total. The van der Waals surface area contributed by atoms with E-state index in [1.165, 1.54) is 12.8 Å². The summed E-state index contributed by atoms with van der Waals surface area (Å²) in [7, 11) is 6.12. The van der Waals surface area contributed by atoms with E-state index in [0.717, 1.165) is 37.8 Å². The maximum atomic E-state index is 4.33. The smallest absolute Gasteiger partial charge is 0.191 e. The Morgan fingerprint density at radius 2 is 1.92 bits per heavy atom. The van der Waals surface area contributed by atoms with Crippen molar-refractivity contribution in [2.45, 2.75) is 52.6 Å². The largest absolute Gasteiger partial charge is 0.355 e. The third-order valence-corrected chi connectivity index (χ3v) is 4.62. The van der Waals surface area contributed by atoms with Crippen molar-refractivity contribution in [1.82, 2.24) is 30.3 Å². The van der Waals surface area contributed by atoms with Crippen molar-refractivity contribution in [3.63, 3.8) is 0 Å². The van der Waals surface area contributed by atoms with E-state index in [1.54, 1.807) is 6.33 Å². The van der Waals surface area contributed by atoms with Crippen LogP contribution in [0.1, 0.15) is 39.4 Å². The van der Waals surface area contributed by atoms with Crippen molar-refractivity contribution in [1.29, 1.82) is 0 Å². The van der Waals surface area contributed by atoms with E-state index in [1.807, 2.05) is 7.05 Å². The topological polar surface area (TPSA) is 70.4 Å². The summed E-state index contributed by atoms with van der Waals surface area (Å²) in [6.45, 7) is 9.15. The monoisotopic (exact) mass is 465 g/mol. The number of hydrogen-bond donors (Lipinski definition) is 2. The minimum Gasteiger partial charge on any atom is -0.355 e. The van der Waals surface area contributed by atoms with Crippen LogP contribution in [-0.4, -0.2) is 65.9 Å². The molecule has 7 nitrogen and oxygen atoms in total. The predicted molar refractivity (Wildman–Crippen MR) is 116 cm³/mol. The third kappa shape index (κ3) is 7.89. The summed E-state index contributed by atoms with van der Waals surface area (Å²) in [5.41, 5.74) is 0. The second-order valence-corrected chi connectivity index (χ2v) is 6.28. The molecule has 1 rings (SSSR count). The van der Waals surface area contributed by atoms with Gasteiger partial charge in [-0.15, -0.1) is 34.2 Å². The van der Waals surface area contributed by atoms with Crippen LogP contribution < -0.4 is 10.6 Å². The number of rotatable bonds is 10. The number of aryl methyl sites for hydroxylation is 1. The zero-order valence-electron chi connectivity index (χ0n) is 16.6. The second-order valence-electron chi connectivity index (χ2n) is 6.28. The van der Waals surface area contributed by atoms with Crippen molar-refractivity contribution in [2.75, 3.05) is 34.2 Å². The van der Waals surface area contributed by atoms with Crippen molar-refractivity contribution < 1.29 is 0 Å². The van der Waals surface area contributed by atoms with E-state index >= 15 is 0 Å². The number of hydrogen-bond acceptors (Lipinski definition) is 4. The van der Waals surface area contributed by atoms with Crippen LogP contribution in [-0.2, 0) is 13.0 Å². The Morgan fingerprint density at radius 1 is 1.24 bits per heavy atom. The fourth-order valence-electron chi connectivity index (χ4n) is 3.06. The first-order valence-corrected chi connectivity index (χ1v) is 9.04. The van der Waals surface area contributed by atoms with Crippen molar-refractivity contribution in [2.24, 2.45) is 10.9 Å². The number of halogens is 1. The summed E-state index contributed by atoms with van der Waals surface area (Å²) in [6, 6.07) is 0.503. The van der Waals surface area contributed by atoms with Crippen LogP contribution in [0, 0.1) is 5.92 Å². The zero-order valence-corrected chi connectivity index (χ0v) is 18.9. The SMILES string of the molecule is CCc1nncn1CCNC(=NC)NCC(C(CC)CC)N(C)C.I. The highest BCUT2D eigenvalue weighted by Gasteiger charge is 2.20. The van der Waals surface area contributed by atoms with Crippen LogP contribution in [0.25, 0.3) is 0 Å². The minimum absolute atomic E-state index is 0. The molecule has 0 amide bonds. The van der Waals surface area contributed by atoms with E-state index in [4.69, 9.17) is 0 Å². The Kier molecular flexibility index (Phi) is 12.8. The first kappa shape index (κ1) is 24.1. The van der Waals surface area contributed by atoms with Crippen LogP contribution in [0.15, 0.2) is 11.3 Å². The van der Waals surface area contributed by atoms with Crippen LogP contribution in [0.4, 0.5) is 0 Å². The van der Waals surface area contributed by atoms with Gasteiger partial charge >= 0.3 is 0 Å². The highest BCUT2D eigenvalue weighted by atomic mass is 127. The molecule has 1 aromatic rings. The van der Waals surface area contributed by atoms with E-state index in [0.29, 0.717) is 12.0 Å². The Morgan fingerprint density at radius 3 is 2.44 bits per heavy atom. The Bertz CT molecular complexity index is 483. The number of nitrogens with one attached hydrogen (secondary N) is 2. The molecule has 1 unspecified atom stereocenters. The van der Waals surface area contributed by atoms with Crippen molar-refractivity contribution in [3.05, 3.63) is 12.2 Å². The lowest BCUT2D eigenvalue weighted by Gasteiger charge is -2.32. The first-order chi connectivity index (χ1) is 11.6. The van der Waals surface area contributed by atoms with E-state index < -0.39 is 0 Å². The fraction of sp³-hybridized carbons (Fsp3) is 0.824. The lowest BCUT2D eigenvalue weighted by atomic mass is 9.93. The molecule has 0 saturated carbocycles. The van der Waals surface area contributed by atoms with Crippen LogP contribution in [0.2, 0.25) is 0 Å². The summed E-state index contributed by atoms with van der Waals surface area (Å²) in [5.74, 6) is 2.55. The molecule has 0 spiro atoms. The van der Waals surface area contributed by atoms with Gasteiger partial charge in [-0.05, 0) is 20.0 Å². The normalized spacial score (nSPS) is 13.0. The molecule has 0 aromatic carbocycles. The molecule has 0 aliphatic heterocycles. The molecule has 146 valence electrons. The summed E-state index contributed by atoms with van der Waals surface area (Å²) in [5, 5.41) is 14.9. The summed E-state index contributed by atoms with van der Waals surface area (Å²) < 4.78 is 2.08. The Hall–Kier alpha value is -0.900. The maximum Gasteiger partial charge on any atom is 0.191 e. The number of aliphatic imine (C=N–C) groups is 1. The molecule has 0 aliphatic rings. The number of likely N-dealkylation sites (N-methyl/N-ethyl adjacent to an activating group) is 1. The summed E-state index contributed by atoms with van der Waals surface area (Å²) >= 11 is 0. The summed E-state index contributed by atoms with van der Waals surface area (Å²) in [6.07, 6.45) is 5.07. The molecule has 1 aromatic heterocycles. The predicted octanol–water partition coefficient (Wildman–Crippen LogP) is 1.99. The molecular weight excluding hydrogens is 429 g/mol. The Balaban J connectivity index is 0.00000576. The van der Waals surface area contributed by atoms with Gasteiger partial charge in [-0.2, -0.15) is 0 Å². The maximum absolute atomic E-state index is 4.33. The van der Waals surface area contributed by atoms with Crippen molar-refractivity contribution in [3.8, 4) is 0 Å². The third-order valence-electron chi connectivity index (χ3n) is 4.62. The number of guanidine groups is 1. The average Bonchev–Trinajstić information content (AvgIpc) is 3.03. The zero-order chi connectivity index (χ0) is 17.9. The molecule has 0 bridgehead atoms. The van der Waals surface area contributed by atoms with Gasteiger partial charge in [-0.1, -0.05) is 33.6 Å². The standard InChI is InChI=1S/C17H35N7.HI/c1-7-14(8-2)15(23(5)6)12-20-17(18-4)19-10-11-24-13-21-22-16(24)9-3;/h13-15H,7-12H2,1-6H3,(H2,18,19,20);1H. The van der Waals surface area contributed by atoms with Gasteiger partial charge in [-0.25, -0.2) is 0 Å². The van der Waals surface area contributed by atoms with Gasteiger partial charge in [0, 0.05) is 39.1 Å². The molecular formula is C17H36IN7. The van der Waals surface area contributed by atoms with Gasteiger partial charge in [-0.3, -0.25) is 4.99 Å². The first-order valence-electron chi connectivity index (χ1n) is 9.04. The van der Waals surface area contributed by atoms with Crippen molar-refractivity contribution >= 4 is 29.9 Å². The average molecular weight is 465 g/mol. The highest BCUT2D eigenvalue weighted by molar-refractivity contribution is 14.0. The quantitative estimate of drug-likeness (QED) is 0.314. The van der Waals surface area contributed by atoms with Crippen LogP contribution in [0.3, 0.4) is 0 Å². The van der Waals surface area contributed by atoms with Gasteiger partial charge in [0.2, 0.25) is 0 Å². The molecule has 1 atom stereocenters. The highest BCUT2D eigenvalue weighted by Crippen LogP contribution is 2.16. The minimum atomic E-state index is 0. The molecule has 1 heterocycles.